The van der Waals surface area contributed by atoms with Crippen molar-refractivity contribution in [1.82, 2.24) is 0 Å². The van der Waals surface area contributed by atoms with Gasteiger partial charge in [-0.1, -0.05) is 23.7 Å². The topological polar surface area (TPSA) is 71.3 Å². The Labute approximate surface area is 156 Å². The van der Waals surface area contributed by atoms with Gasteiger partial charge < -0.3 is 14.8 Å². The van der Waals surface area contributed by atoms with E-state index in [2.05, 4.69) is 5.32 Å². The molecule has 0 bridgehead atoms. The fourth-order valence-corrected chi connectivity index (χ4v) is 2.70. The molecule has 0 unspecified atom stereocenters. The molecule has 1 N–H and O–H groups in total. The molecule has 1 aliphatic rings. The fraction of sp³-hybridized carbons (Fsp3) is 0.100. The van der Waals surface area contributed by atoms with Crippen molar-refractivity contribution in [2.24, 2.45) is 0 Å². The number of carbonyl (C=O) groups is 1. The Morgan fingerprint density at radius 1 is 1.35 bits per heavy atom. The molecule has 2 aromatic carbocycles. The Hall–Kier alpha value is -3.23. The van der Waals surface area contributed by atoms with Crippen molar-refractivity contribution in [3.05, 3.63) is 70.3 Å². The van der Waals surface area contributed by atoms with Crippen molar-refractivity contribution in [2.75, 3.05) is 19.0 Å². The van der Waals surface area contributed by atoms with E-state index in [9.17, 15) is 10.1 Å². The molecule has 1 amide bonds. The van der Waals surface area contributed by atoms with Gasteiger partial charge in [0.1, 0.15) is 29.7 Å². The predicted molar refractivity (Wildman–Crippen MR) is 100 cm³/mol. The second-order valence-electron chi connectivity index (χ2n) is 5.51. The van der Waals surface area contributed by atoms with E-state index in [1.807, 2.05) is 12.1 Å². The molecule has 0 saturated heterocycles. The van der Waals surface area contributed by atoms with Gasteiger partial charge in [0.2, 0.25) is 0 Å². The van der Waals surface area contributed by atoms with E-state index in [0.717, 1.165) is 5.56 Å². The van der Waals surface area contributed by atoms with Crippen molar-refractivity contribution in [3.8, 4) is 17.6 Å². The largest absolute Gasteiger partial charge is 0.495 e. The first-order valence-electron chi connectivity index (χ1n) is 7.80. The highest BCUT2D eigenvalue weighted by atomic mass is 35.5. The van der Waals surface area contributed by atoms with Crippen LogP contribution < -0.4 is 14.8 Å². The zero-order valence-corrected chi connectivity index (χ0v) is 14.7. The Bertz CT molecular complexity index is 958. The highest BCUT2D eigenvalue weighted by molar-refractivity contribution is 6.30. The second-order valence-corrected chi connectivity index (χ2v) is 5.95. The molecule has 0 radical (unpaired) electrons. The number of hydrogen-bond donors (Lipinski definition) is 1. The normalized spacial score (nSPS) is 13.0. The number of amides is 1. The molecule has 130 valence electrons. The summed E-state index contributed by atoms with van der Waals surface area (Å²) in [5.41, 5.74) is 1.97. The van der Waals surface area contributed by atoms with E-state index in [4.69, 9.17) is 21.1 Å². The number of anilines is 1. The zero-order chi connectivity index (χ0) is 18.5. The lowest BCUT2D eigenvalue weighted by molar-refractivity contribution is -0.112. The van der Waals surface area contributed by atoms with Crippen LogP contribution in [0.25, 0.3) is 6.08 Å². The Morgan fingerprint density at radius 2 is 2.15 bits per heavy atom. The first kappa shape index (κ1) is 17.6. The standard InChI is InChI=1S/C20H15ClN2O3/c1-25-19-5-3-2-4-17(19)23-20(24)15(11-22)9-13-8-14-10-16(21)6-7-18(14)26-12-13/h2-10H,12H2,1H3,(H,23,24)/b15-9-. The molecule has 2 aromatic rings. The number of methoxy groups -OCH3 is 1. The van der Waals surface area contributed by atoms with Gasteiger partial charge >= 0.3 is 0 Å². The molecule has 1 aliphatic heterocycles. The Morgan fingerprint density at radius 3 is 2.92 bits per heavy atom. The van der Waals surface area contributed by atoms with Gasteiger partial charge in [-0.3, -0.25) is 4.79 Å². The van der Waals surface area contributed by atoms with Crippen LogP contribution in [0.1, 0.15) is 5.56 Å². The van der Waals surface area contributed by atoms with Crippen LogP contribution in [0.5, 0.6) is 11.5 Å². The summed E-state index contributed by atoms with van der Waals surface area (Å²) in [6, 6.07) is 14.2. The fourth-order valence-electron chi connectivity index (χ4n) is 2.52. The van der Waals surface area contributed by atoms with Crippen LogP contribution in [0.4, 0.5) is 5.69 Å². The van der Waals surface area contributed by atoms with E-state index in [1.165, 1.54) is 13.2 Å². The third-order valence-electron chi connectivity index (χ3n) is 3.76. The number of halogens is 1. The van der Waals surface area contributed by atoms with Crippen molar-refractivity contribution in [3.63, 3.8) is 0 Å². The molecule has 5 nitrogen and oxygen atoms in total. The minimum Gasteiger partial charge on any atom is -0.495 e. The van der Waals surface area contributed by atoms with Crippen LogP contribution in [0.2, 0.25) is 5.02 Å². The molecule has 0 saturated carbocycles. The molecule has 0 spiro atoms. The van der Waals surface area contributed by atoms with Crippen LogP contribution in [0.3, 0.4) is 0 Å². The van der Waals surface area contributed by atoms with Gasteiger partial charge in [-0.25, -0.2) is 0 Å². The van der Waals surface area contributed by atoms with Crippen molar-refractivity contribution in [2.45, 2.75) is 0 Å². The maximum Gasteiger partial charge on any atom is 0.266 e. The Kier molecular flexibility index (Phi) is 5.26. The van der Waals surface area contributed by atoms with Gasteiger partial charge in [0.05, 0.1) is 12.8 Å². The maximum absolute atomic E-state index is 12.4. The number of para-hydroxylation sites is 2. The molecule has 3 rings (SSSR count). The first-order chi connectivity index (χ1) is 12.6. The SMILES string of the molecule is COc1ccccc1NC(=O)/C(C#N)=C\C1=Cc2cc(Cl)ccc2OC1. The highest BCUT2D eigenvalue weighted by Crippen LogP contribution is 2.30. The summed E-state index contributed by atoms with van der Waals surface area (Å²) < 4.78 is 10.8. The third-order valence-corrected chi connectivity index (χ3v) is 3.99. The lowest BCUT2D eigenvalue weighted by Crippen LogP contribution is -2.15. The number of fused-ring (bicyclic) bond motifs is 1. The summed E-state index contributed by atoms with van der Waals surface area (Å²) in [7, 11) is 1.51. The van der Waals surface area contributed by atoms with E-state index in [0.29, 0.717) is 27.8 Å². The van der Waals surface area contributed by atoms with Crippen molar-refractivity contribution in [1.29, 1.82) is 5.26 Å². The van der Waals surface area contributed by atoms with E-state index in [-0.39, 0.29) is 12.2 Å². The van der Waals surface area contributed by atoms with Crippen molar-refractivity contribution < 1.29 is 14.3 Å². The summed E-state index contributed by atoms with van der Waals surface area (Å²) in [6.07, 6.45) is 3.35. The molecule has 6 heteroatoms. The van der Waals surface area contributed by atoms with Gasteiger partial charge in [-0.05, 0) is 48.1 Å². The average molecular weight is 367 g/mol. The molecule has 0 aliphatic carbocycles. The van der Waals surface area contributed by atoms with Gasteiger partial charge in [0.25, 0.3) is 5.91 Å². The summed E-state index contributed by atoms with van der Waals surface area (Å²) in [6.45, 7) is 0.266. The lowest BCUT2D eigenvalue weighted by Gasteiger charge is -2.16. The summed E-state index contributed by atoms with van der Waals surface area (Å²) in [5.74, 6) is 0.709. The molecule has 0 atom stereocenters. The van der Waals surface area contributed by atoms with Crippen LogP contribution in [-0.4, -0.2) is 19.6 Å². The third kappa shape index (κ3) is 3.88. The van der Waals surface area contributed by atoms with Crippen LogP contribution in [0, 0.1) is 11.3 Å². The lowest BCUT2D eigenvalue weighted by atomic mass is 10.0. The summed E-state index contributed by atoms with van der Waals surface area (Å²) in [4.78, 5) is 12.4. The van der Waals surface area contributed by atoms with Crippen LogP contribution >= 0.6 is 11.6 Å². The maximum atomic E-state index is 12.4. The second kappa shape index (κ2) is 7.77. The number of nitriles is 1. The van der Waals surface area contributed by atoms with Crippen LogP contribution in [0.15, 0.2) is 59.7 Å². The van der Waals surface area contributed by atoms with E-state index in [1.54, 1.807) is 42.5 Å². The quantitative estimate of drug-likeness (QED) is 0.649. The zero-order valence-electron chi connectivity index (χ0n) is 14.0. The van der Waals surface area contributed by atoms with E-state index < -0.39 is 5.91 Å². The number of nitrogens with one attached hydrogen (secondary N) is 1. The minimum atomic E-state index is -0.519. The monoisotopic (exact) mass is 366 g/mol. The average Bonchev–Trinajstić information content (AvgIpc) is 2.66. The molecule has 26 heavy (non-hydrogen) atoms. The number of ether oxygens (including phenoxy) is 2. The molecule has 1 heterocycles. The number of hydrogen-bond acceptors (Lipinski definition) is 4. The predicted octanol–water partition coefficient (Wildman–Crippen LogP) is 4.21. The molecule has 0 aromatic heterocycles. The van der Waals surface area contributed by atoms with Gasteiger partial charge in [-0.15, -0.1) is 0 Å². The molecular formula is C20H15ClN2O3. The van der Waals surface area contributed by atoms with Gasteiger partial charge in [0, 0.05) is 10.6 Å². The van der Waals surface area contributed by atoms with Crippen LogP contribution in [-0.2, 0) is 4.79 Å². The molecular weight excluding hydrogens is 352 g/mol. The minimum absolute atomic E-state index is 0.0313. The van der Waals surface area contributed by atoms with Crippen molar-refractivity contribution >= 4 is 29.3 Å². The number of nitrogens with zero attached hydrogens (tertiary/aromatic N) is 1. The smallest absolute Gasteiger partial charge is 0.266 e. The molecule has 0 fully saturated rings. The number of benzene rings is 2. The Balaban J connectivity index is 1.84. The summed E-state index contributed by atoms with van der Waals surface area (Å²) >= 11 is 6.00. The summed E-state index contributed by atoms with van der Waals surface area (Å²) in [5, 5.41) is 12.6. The number of rotatable bonds is 4. The van der Waals surface area contributed by atoms with Gasteiger partial charge in [-0.2, -0.15) is 5.26 Å². The number of carbonyl (C=O) groups excluding carboxylic acids is 1. The highest BCUT2D eigenvalue weighted by Gasteiger charge is 2.15. The first-order valence-corrected chi connectivity index (χ1v) is 8.17. The van der Waals surface area contributed by atoms with E-state index >= 15 is 0 Å². The van der Waals surface area contributed by atoms with Gasteiger partial charge in [0.15, 0.2) is 0 Å².